The van der Waals surface area contributed by atoms with E-state index in [1.54, 1.807) is 6.07 Å². The Morgan fingerprint density at radius 1 is 1.15 bits per heavy atom. The Morgan fingerprint density at radius 2 is 1.90 bits per heavy atom. The fourth-order valence-corrected chi connectivity index (χ4v) is 2.58. The van der Waals surface area contributed by atoms with Crippen LogP contribution in [0.1, 0.15) is 37.2 Å². The third-order valence-corrected chi connectivity index (χ3v) is 3.54. The van der Waals surface area contributed by atoms with Gasteiger partial charge in [0.1, 0.15) is 5.82 Å². The van der Waals surface area contributed by atoms with Crippen molar-refractivity contribution in [3.63, 3.8) is 0 Å². The van der Waals surface area contributed by atoms with Gasteiger partial charge in [0.05, 0.1) is 5.56 Å². The van der Waals surface area contributed by atoms with E-state index in [0.29, 0.717) is 16.4 Å². The van der Waals surface area contributed by atoms with Gasteiger partial charge in [-0.2, -0.15) is 0 Å². The standard InChI is InChI=1S/C14H12ClFN2.C2H6/c1-8-10-3-2-4-13(10)18-14(17-8)11-7-9(15)5-6-12(11)16;1-2/h5-7H,2-4H2,1H3;1-2H3. The Kier molecular flexibility index (Phi) is 4.71. The average molecular weight is 293 g/mol. The van der Waals surface area contributed by atoms with Crippen molar-refractivity contribution in [1.29, 1.82) is 0 Å². The summed E-state index contributed by atoms with van der Waals surface area (Å²) in [6.07, 6.45) is 3.08. The highest BCUT2D eigenvalue weighted by atomic mass is 35.5. The molecular formula is C16H18ClFN2. The Balaban J connectivity index is 0.000000704. The van der Waals surface area contributed by atoms with Crippen molar-refractivity contribution >= 4 is 11.6 Å². The molecule has 4 heteroatoms. The van der Waals surface area contributed by atoms with Crippen LogP contribution in [0.15, 0.2) is 18.2 Å². The number of aryl methyl sites for hydroxylation is 2. The van der Waals surface area contributed by atoms with Gasteiger partial charge in [0, 0.05) is 16.4 Å². The summed E-state index contributed by atoms with van der Waals surface area (Å²) in [6.45, 7) is 5.96. The zero-order valence-electron chi connectivity index (χ0n) is 12.0. The van der Waals surface area contributed by atoms with Crippen molar-refractivity contribution < 1.29 is 4.39 Å². The van der Waals surface area contributed by atoms with Crippen LogP contribution in [-0.4, -0.2) is 9.97 Å². The van der Waals surface area contributed by atoms with E-state index in [1.807, 2.05) is 20.8 Å². The van der Waals surface area contributed by atoms with E-state index in [2.05, 4.69) is 9.97 Å². The second-order valence-electron chi connectivity index (χ2n) is 4.54. The first-order valence-electron chi connectivity index (χ1n) is 6.97. The van der Waals surface area contributed by atoms with Gasteiger partial charge in [-0.15, -0.1) is 0 Å². The summed E-state index contributed by atoms with van der Waals surface area (Å²) < 4.78 is 13.8. The molecule has 0 spiro atoms. The van der Waals surface area contributed by atoms with E-state index in [9.17, 15) is 4.39 Å². The van der Waals surface area contributed by atoms with E-state index in [1.165, 1.54) is 17.7 Å². The van der Waals surface area contributed by atoms with Crippen molar-refractivity contribution in [1.82, 2.24) is 9.97 Å². The maximum absolute atomic E-state index is 13.8. The minimum absolute atomic E-state index is 0.336. The average Bonchev–Trinajstić information content (AvgIpc) is 2.92. The molecule has 2 nitrogen and oxygen atoms in total. The molecule has 1 heterocycles. The van der Waals surface area contributed by atoms with Gasteiger partial charge in [-0.25, -0.2) is 14.4 Å². The molecule has 1 aliphatic carbocycles. The highest BCUT2D eigenvalue weighted by molar-refractivity contribution is 6.30. The molecule has 0 bridgehead atoms. The molecule has 20 heavy (non-hydrogen) atoms. The first kappa shape index (κ1) is 14.9. The third-order valence-electron chi connectivity index (χ3n) is 3.31. The number of hydrogen-bond donors (Lipinski definition) is 0. The number of hydrogen-bond acceptors (Lipinski definition) is 2. The summed E-state index contributed by atoms with van der Waals surface area (Å²) in [5, 5.41) is 0.494. The van der Waals surface area contributed by atoms with E-state index in [-0.39, 0.29) is 5.82 Å². The van der Waals surface area contributed by atoms with Gasteiger partial charge in [-0.3, -0.25) is 0 Å². The van der Waals surface area contributed by atoms with Crippen molar-refractivity contribution in [2.45, 2.75) is 40.0 Å². The van der Waals surface area contributed by atoms with Crippen molar-refractivity contribution in [2.75, 3.05) is 0 Å². The van der Waals surface area contributed by atoms with Gasteiger partial charge >= 0.3 is 0 Å². The number of rotatable bonds is 1. The molecule has 0 fully saturated rings. The largest absolute Gasteiger partial charge is 0.233 e. The van der Waals surface area contributed by atoms with E-state index in [4.69, 9.17) is 11.6 Å². The lowest BCUT2D eigenvalue weighted by Gasteiger charge is -2.08. The summed E-state index contributed by atoms with van der Waals surface area (Å²) >= 11 is 5.90. The molecule has 1 aliphatic rings. The molecule has 0 atom stereocenters. The molecule has 106 valence electrons. The molecule has 0 unspecified atom stereocenters. The van der Waals surface area contributed by atoms with E-state index >= 15 is 0 Å². The molecule has 1 aromatic heterocycles. The van der Waals surface area contributed by atoms with Crippen molar-refractivity contribution in [2.24, 2.45) is 0 Å². The molecule has 1 aromatic carbocycles. The molecule has 0 saturated carbocycles. The molecule has 3 rings (SSSR count). The van der Waals surface area contributed by atoms with Crippen LogP contribution in [-0.2, 0) is 12.8 Å². The van der Waals surface area contributed by atoms with Crippen LogP contribution in [0.4, 0.5) is 4.39 Å². The topological polar surface area (TPSA) is 25.8 Å². The quantitative estimate of drug-likeness (QED) is 0.757. The number of halogens is 2. The maximum atomic E-state index is 13.8. The fraction of sp³-hybridized carbons (Fsp3) is 0.375. The lowest BCUT2D eigenvalue weighted by molar-refractivity contribution is 0.629. The lowest BCUT2D eigenvalue weighted by atomic mass is 10.1. The van der Waals surface area contributed by atoms with Crippen LogP contribution in [0.2, 0.25) is 5.02 Å². The van der Waals surface area contributed by atoms with E-state index in [0.717, 1.165) is 30.7 Å². The zero-order valence-corrected chi connectivity index (χ0v) is 12.8. The van der Waals surface area contributed by atoms with Gasteiger partial charge < -0.3 is 0 Å². The summed E-state index contributed by atoms with van der Waals surface area (Å²) in [4.78, 5) is 8.88. The Labute approximate surface area is 124 Å². The number of benzene rings is 1. The highest BCUT2D eigenvalue weighted by Crippen LogP contribution is 2.28. The Bertz CT molecular complexity index is 626. The predicted molar refractivity (Wildman–Crippen MR) is 80.5 cm³/mol. The number of fused-ring (bicyclic) bond motifs is 1. The highest BCUT2D eigenvalue weighted by Gasteiger charge is 2.18. The Hall–Kier alpha value is -1.48. The van der Waals surface area contributed by atoms with Crippen LogP contribution >= 0.6 is 11.6 Å². The summed E-state index contributed by atoms with van der Waals surface area (Å²) in [7, 11) is 0. The number of nitrogens with zero attached hydrogens (tertiary/aromatic N) is 2. The van der Waals surface area contributed by atoms with Crippen molar-refractivity contribution in [3.8, 4) is 11.4 Å². The van der Waals surface area contributed by atoms with Gasteiger partial charge in [-0.1, -0.05) is 25.4 Å². The van der Waals surface area contributed by atoms with Gasteiger partial charge in [0.15, 0.2) is 5.82 Å². The van der Waals surface area contributed by atoms with E-state index < -0.39 is 0 Å². The minimum Gasteiger partial charge on any atom is -0.233 e. The normalized spacial score (nSPS) is 12.7. The first-order chi connectivity index (χ1) is 9.65. The lowest BCUT2D eigenvalue weighted by Crippen LogP contribution is -2.01. The smallest absolute Gasteiger partial charge is 0.162 e. The molecule has 0 aliphatic heterocycles. The molecule has 2 aromatic rings. The van der Waals surface area contributed by atoms with Gasteiger partial charge in [-0.05, 0) is 49.9 Å². The second-order valence-corrected chi connectivity index (χ2v) is 4.97. The minimum atomic E-state index is -0.336. The fourth-order valence-electron chi connectivity index (χ4n) is 2.41. The molecule has 0 N–H and O–H groups in total. The van der Waals surface area contributed by atoms with Crippen LogP contribution < -0.4 is 0 Å². The third kappa shape index (κ3) is 2.83. The van der Waals surface area contributed by atoms with Crippen LogP contribution in [0, 0.1) is 12.7 Å². The van der Waals surface area contributed by atoms with Gasteiger partial charge in [0.25, 0.3) is 0 Å². The van der Waals surface area contributed by atoms with Crippen LogP contribution in [0.5, 0.6) is 0 Å². The molecule has 0 radical (unpaired) electrons. The zero-order chi connectivity index (χ0) is 14.7. The SMILES string of the molecule is CC.Cc1nc(-c2cc(Cl)ccc2F)nc2c1CCC2. The van der Waals surface area contributed by atoms with Crippen molar-refractivity contribution in [3.05, 3.63) is 46.0 Å². The Morgan fingerprint density at radius 3 is 2.65 bits per heavy atom. The summed E-state index contributed by atoms with van der Waals surface area (Å²) in [5.74, 6) is 0.102. The molecule has 0 amide bonds. The van der Waals surface area contributed by atoms with Gasteiger partial charge in [0.2, 0.25) is 0 Å². The molecule has 0 saturated heterocycles. The second kappa shape index (κ2) is 6.31. The first-order valence-corrected chi connectivity index (χ1v) is 7.35. The predicted octanol–water partition coefficient (Wildman–Crippen LogP) is 4.76. The van der Waals surface area contributed by atoms with Crippen LogP contribution in [0.25, 0.3) is 11.4 Å². The summed E-state index contributed by atoms with van der Waals surface area (Å²) in [6, 6.07) is 4.46. The monoisotopic (exact) mass is 292 g/mol. The molecular weight excluding hydrogens is 275 g/mol. The summed E-state index contributed by atoms with van der Waals surface area (Å²) in [5.41, 5.74) is 3.60. The number of aromatic nitrogens is 2. The maximum Gasteiger partial charge on any atom is 0.162 e. The van der Waals surface area contributed by atoms with Crippen LogP contribution in [0.3, 0.4) is 0 Å².